The van der Waals surface area contributed by atoms with E-state index < -0.39 is 0 Å². The van der Waals surface area contributed by atoms with Crippen molar-refractivity contribution in [3.63, 3.8) is 0 Å². The standard InChI is InChI=1S/C17H15I6N/c1-6-10(18)7(2)13(21)16(12(6)20)24(5)17-14(22)8(3)11(19)9(4)15(17)23/h1-5H3. The van der Waals surface area contributed by atoms with E-state index in [9.17, 15) is 0 Å². The van der Waals surface area contributed by atoms with Crippen molar-refractivity contribution in [3.8, 4) is 0 Å². The van der Waals surface area contributed by atoms with Crippen LogP contribution in [0.25, 0.3) is 0 Å². The van der Waals surface area contributed by atoms with Gasteiger partial charge in [-0.1, -0.05) is 0 Å². The molecule has 0 aliphatic carbocycles. The molecule has 0 saturated carbocycles. The van der Waals surface area contributed by atoms with Gasteiger partial charge in [-0.25, -0.2) is 0 Å². The molecule has 2 rings (SSSR count). The molecule has 2 aromatic carbocycles. The number of anilines is 2. The fraction of sp³-hybridized carbons (Fsp3) is 0.294. The van der Waals surface area contributed by atoms with E-state index in [1.54, 1.807) is 0 Å². The first-order valence-electron chi connectivity index (χ1n) is 7.03. The fourth-order valence-corrected chi connectivity index (χ4v) is 10.3. The van der Waals surface area contributed by atoms with Gasteiger partial charge < -0.3 is 4.90 Å². The van der Waals surface area contributed by atoms with Gasteiger partial charge in [-0.2, -0.15) is 0 Å². The number of halogens is 6. The van der Waals surface area contributed by atoms with Crippen molar-refractivity contribution in [3.05, 3.63) is 43.7 Å². The third kappa shape index (κ3) is 4.00. The fourth-order valence-electron chi connectivity index (χ4n) is 2.55. The number of hydrogen-bond acceptors (Lipinski definition) is 1. The summed E-state index contributed by atoms with van der Waals surface area (Å²) in [5, 5.41) is 0. The van der Waals surface area contributed by atoms with E-state index in [0.717, 1.165) is 0 Å². The van der Waals surface area contributed by atoms with Crippen LogP contribution in [0.15, 0.2) is 0 Å². The molecular formula is C17H15I6N. The summed E-state index contributed by atoms with van der Waals surface area (Å²) in [6, 6.07) is 0. The van der Waals surface area contributed by atoms with Crippen LogP contribution in [0.1, 0.15) is 22.3 Å². The minimum Gasteiger partial charge on any atom is -0.341 e. The van der Waals surface area contributed by atoms with Crippen molar-refractivity contribution in [2.75, 3.05) is 11.9 Å². The molecule has 0 saturated heterocycles. The van der Waals surface area contributed by atoms with E-state index in [1.807, 2.05) is 0 Å². The van der Waals surface area contributed by atoms with Gasteiger partial charge in [-0.05, 0) is 185 Å². The SMILES string of the molecule is Cc1c(I)c(C)c(I)c(N(C)c2c(I)c(C)c(I)c(C)c2I)c1I. The Morgan fingerprint density at radius 3 is 0.875 bits per heavy atom. The molecular weight excluding hydrogens is 980 g/mol. The molecule has 0 N–H and O–H groups in total. The smallest absolute Gasteiger partial charge is 0.0686 e. The highest BCUT2D eigenvalue weighted by atomic mass is 127. The van der Waals surface area contributed by atoms with Gasteiger partial charge in [0.05, 0.1) is 11.4 Å². The largest absolute Gasteiger partial charge is 0.341 e. The number of hydrogen-bond donors (Lipinski definition) is 0. The van der Waals surface area contributed by atoms with Crippen LogP contribution in [0.4, 0.5) is 11.4 Å². The zero-order chi connectivity index (χ0) is 18.5. The number of benzene rings is 2. The Hall–Kier alpha value is 2.62. The summed E-state index contributed by atoms with van der Waals surface area (Å²) in [5.41, 5.74) is 8.14. The van der Waals surface area contributed by atoms with Crippen molar-refractivity contribution in [2.24, 2.45) is 0 Å². The highest BCUT2D eigenvalue weighted by Gasteiger charge is 2.24. The molecule has 0 aromatic heterocycles. The maximum Gasteiger partial charge on any atom is 0.0686 e. The van der Waals surface area contributed by atoms with Crippen molar-refractivity contribution < 1.29 is 0 Å². The maximum absolute atomic E-state index is 2.50. The molecule has 0 aliphatic heterocycles. The molecule has 0 radical (unpaired) electrons. The second-order valence-electron chi connectivity index (χ2n) is 5.64. The van der Waals surface area contributed by atoms with E-state index in [1.165, 1.54) is 55.0 Å². The molecule has 0 bridgehead atoms. The lowest BCUT2D eigenvalue weighted by atomic mass is 10.1. The Balaban J connectivity index is 2.84. The maximum atomic E-state index is 2.50. The van der Waals surface area contributed by atoms with Crippen LogP contribution in [0, 0.1) is 49.1 Å². The highest BCUT2D eigenvalue weighted by molar-refractivity contribution is 14.1. The molecule has 0 unspecified atom stereocenters. The summed E-state index contributed by atoms with van der Waals surface area (Å²) < 4.78 is 8.12. The van der Waals surface area contributed by atoms with Gasteiger partial charge in [0.25, 0.3) is 0 Å². The average molecular weight is 995 g/mol. The highest BCUT2D eigenvalue weighted by Crippen LogP contribution is 2.44. The second kappa shape index (κ2) is 8.97. The van der Waals surface area contributed by atoms with Crippen LogP contribution >= 0.6 is 136 Å². The normalized spacial score (nSPS) is 11.1. The Morgan fingerprint density at radius 2 is 0.667 bits per heavy atom. The molecule has 2 aromatic rings. The molecule has 0 fully saturated rings. The molecule has 0 spiro atoms. The predicted molar refractivity (Wildman–Crippen MR) is 156 cm³/mol. The third-order valence-electron chi connectivity index (χ3n) is 4.14. The van der Waals surface area contributed by atoms with Crippen molar-refractivity contribution in [1.82, 2.24) is 0 Å². The monoisotopic (exact) mass is 995 g/mol. The zero-order valence-corrected chi connectivity index (χ0v) is 26.7. The van der Waals surface area contributed by atoms with Gasteiger partial charge in [0.1, 0.15) is 0 Å². The van der Waals surface area contributed by atoms with Gasteiger partial charge in [0.15, 0.2) is 0 Å². The van der Waals surface area contributed by atoms with Crippen LogP contribution in [0.3, 0.4) is 0 Å². The lowest BCUT2D eigenvalue weighted by Crippen LogP contribution is -2.19. The third-order valence-corrected chi connectivity index (χ3v) is 12.7. The summed E-state index contributed by atoms with van der Waals surface area (Å²) in [6.07, 6.45) is 0. The Bertz CT molecular complexity index is 716. The predicted octanol–water partition coefficient (Wildman–Crippen LogP) is 8.32. The van der Waals surface area contributed by atoms with Crippen LogP contribution in [-0.2, 0) is 0 Å². The molecule has 24 heavy (non-hydrogen) atoms. The van der Waals surface area contributed by atoms with E-state index in [4.69, 9.17) is 0 Å². The number of rotatable bonds is 2. The van der Waals surface area contributed by atoms with E-state index in [0.29, 0.717) is 0 Å². The molecule has 0 heterocycles. The quantitative estimate of drug-likeness (QED) is 0.274. The first-order chi connectivity index (χ1) is 11.0. The lowest BCUT2D eigenvalue weighted by Gasteiger charge is -2.29. The van der Waals surface area contributed by atoms with Gasteiger partial charge in [-0.15, -0.1) is 0 Å². The second-order valence-corrected chi connectivity index (χ2v) is 12.1. The summed E-state index contributed by atoms with van der Waals surface area (Å²) >= 11 is 15.0. The first-order valence-corrected chi connectivity index (χ1v) is 13.5. The molecule has 130 valence electrons. The minimum absolute atomic E-state index is 1.32. The molecule has 0 atom stereocenters. The van der Waals surface area contributed by atoms with E-state index in [2.05, 4.69) is 175 Å². The summed E-state index contributed by atoms with van der Waals surface area (Å²) in [6.45, 7) is 8.91. The molecule has 0 aliphatic rings. The van der Waals surface area contributed by atoms with Crippen molar-refractivity contribution in [1.29, 1.82) is 0 Å². The number of nitrogens with zero attached hydrogens (tertiary/aromatic N) is 1. The van der Waals surface area contributed by atoms with E-state index in [-0.39, 0.29) is 0 Å². The van der Waals surface area contributed by atoms with Crippen LogP contribution in [0.2, 0.25) is 0 Å². The lowest BCUT2D eigenvalue weighted by molar-refractivity contribution is 1.12. The van der Waals surface area contributed by atoms with Crippen LogP contribution in [0.5, 0.6) is 0 Å². The Morgan fingerprint density at radius 1 is 0.458 bits per heavy atom. The van der Waals surface area contributed by atoms with Crippen molar-refractivity contribution in [2.45, 2.75) is 27.7 Å². The summed E-state index contributed by atoms with van der Waals surface area (Å²) in [4.78, 5) is 2.39. The average Bonchev–Trinajstić information content (AvgIpc) is 2.55. The van der Waals surface area contributed by atoms with Crippen molar-refractivity contribution >= 4 is 147 Å². The van der Waals surface area contributed by atoms with Gasteiger partial charge in [0, 0.05) is 28.5 Å². The van der Waals surface area contributed by atoms with Crippen LogP contribution in [-0.4, -0.2) is 7.05 Å². The summed E-state index contributed by atoms with van der Waals surface area (Å²) in [7, 11) is 2.21. The first kappa shape index (κ1) is 22.9. The van der Waals surface area contributed by atoms with Gasteiger partial charge >= 0.3 is 0 Å². The molecule has 1 nitrogen and oxygen atoms in total. The van der Waals surface area contributed by atoms with E-state index >= 15 is 0 Å². The zero-order valence-electron chi connectivity index (χ0n) is 13.7. The summed E-state index contributed by atoms with van der Waals surface area (Å²) in [5.74, 6) is 0. The molecule has 7 heteroatoms. The van der Waals surface area contributed by atoms with Gasteiger partial charge in [0.2, 0.25) is 0 Å². The van der Waals surface area contributed by atoms with Crippen LogP contribution < -0.4 is 4.90 Å². The topological polar surface area (TPSA) is 3.24 Å². The Kier molecular flexibility index (Phi) is 8.56. The molecule has 0 amide bonds. The Labute approximate surface area is 226 Å². The minimum atomic E-state index is 1.32. The van der Waals surface area contributed by atoms with Gasteiger partial charge in [-0.3, -0.25) is 0 Å².